The van der Waals surface area contributed by atoms with Crippen LogP contribution >= 0.6 is 11.6 Å². The van der Waals surface area contributed by atoms with E-state index in [1.165, 1.54) is 0 Å². The van der Waals surface area contributed by atoms with Gasteiger partial charge in [0.15, 0.2) is 0 Å². The molecule has 1 aromatic rings. The molecule has 1 aromatic carbocycles. The lowest BCUT2D eigenvalue weighted by molar-refractivity contribution is 0.0696. The van der Waals surface area contributed by atoms with Crippen molar-refractivity contribution in [2.45, 2.75) is 12.8 Å². The van der Waals surface area contributed by atoms with E-state index in [9.17, 15) is 4.79 Å². The number of carbonyl (C=O) groups is 1. The van der Waals surface area contributed by atoms with Crippen molar-refractivity contribution >= 4 is 17.6 Å². The van der Waals surface area contributed by atoms with Crippen LogP contribution in [0.25, 0.3) is 0 Å². The summed E-state index contributed by atoms with van der Waals surface area (Å²) >= 11 is 5.62. The molecule has 0 radical (unpaired) electrons. The zero-order valence-electron chi connectivity index (χ0n) is 6.67. The van der Waals surface area contributed by atoms with E-state index in [4.69, 9.17) is 16.7 Å². The minimum absolute atomic E-state index is 0.327. The maximum atomic E-state index is 10.6. The Labute approximate surface area is 75.8 Å². The highest BCUT2D eigenvalue weighted by Crippen LogP contribution is 2.15. The van der Waals surface area contributed by atoms with Crippen molar-refractivity contribution < 1.29 is 9.90 Å². The molecule has 64 valence electrons. The van der Waals surface area contributed by atoms with Crippen LogP contribution in [0.2, 0.25) is 0 Å². The summed E-state index contributed by atoms with van der Waals surface area (Å²) < 4.78 is 0. The minimum atomic E-state index is -0.903. The normalized spacial score (nSPS) is 9.83. The molecule has 0 atom stereocenters. The summed E-state index contributed by atoms with van der Waals surface area (Å²) in [5.41, 5.74) is 1.95. The first-order chi connectivity index (χ1) is 5.66. The first-order valence-corrected chi connectivity index (χ1v) is 4.08. The van der Waals surface area contributed by atoms with Crippen molar-refractivity contribution in [1.82, 2.24) is 0 Å². The van der Waals surface area contributed by atoms with Crippen molar-refractivity contribution in [3.05, 3.63) is 34.9 Å². The molecule has 0 saturated heterocycles. The Balaban J connectivity index is 3.23. The van der Waals surface area contributed by atoms with E-state index in [0.717, 1.165) is 11.1 Å². The number of alkyl halides is 1. The molecular formula is C9H9ClO2. The van der Waals surface area contributed by atoms with E-state index >= 15 is 0 Å². The maximum absolute atomic E-state index is 10.6. The standard InChI is InChI=1S/C9H9ClO2/c1-6-7(5-10)3-2-4-8(6)9(11)12/h2-4H,5H2,1H3,(H,11,12). The van der Waals surface area contributed by atoms with Gasteiger partial charge in [-0.15, -0.1) is 11.6 Å². The maximum Gasteiger partial charge on any atom is 0.335 e. The van der Waals surface area contributed by atoms with E-state index in [-0.39, 0.29) is 0 Å². The Kier molecular flexibility index (Phi) is 2.71. The zero-order valence-corrected chi connectivity index (χ0v) is 7.43. The van der Waals surface area contributed by atoms with E-state index in [2.05, 4.69) is 0 Å². The SMILES string of the molecule is Cc1c(CCl)cccc1C(=O)O. The van der Waals surface area contributed by atoms with Crippen LogP contribution in [0, 0.1) is 6.92 Å². The second-order valence-corrected chi connectivity index (χ2v) is 2.80. The van der Waals surface area contributed by atoms with Gasteiger partial charge in [0.05, 0.1) is 5.56 Å². The van der Waals surface area contributed by atoms with Crippen LogP contribution in [0.4, 0.5) is 0 Å². The third-order valence-corrected chi connectivity index (χ3v) is 2.11. The molecule has 0 heterocycles. The topological polar surface area (TPSA) is 37.3 Å². The molecule has 12 heavy (non-hydrogen) atoms. The Hall–Kier alpha value is -1.02. The summed E-state index contributed by atoms with van der Waals surface area (Å²) in [5.74, 6) is -0.549. The fraction of sp³-hybridized carbons (Fsp3) is 0.222. The lowest BCUT2D eigenvalue weighted by Crippen LogP contribution is -2.01. The van der Waals surface area contributed by atoms with Gasteiger partial charge in [0, 0.05) is 5.88 Å². The van der Waals surface area contributed by atoms with Crippen LogP contribution < -0.4 is 0 Å². The molecule has 0 unspecified atom stereocenters. The van der Waals surface area contributed by atoms with Gasteiger partial charge in [0.25, 0.3) is 0 Å². The number of hydrogen-bond donors (Lipinski definition) is 1. The summed E-state index contributed by atoms with van der Waals surface area (Å²) in [5, 5.41) is 8.74. The average molecular weight is 185 g/mol. The highest BCUT2D eigenvalue weighted by atomic mass is 35.5. The van der Waals surface area contributed by atoms with Gasteiger partial charge in [-0.1, -0.05) is 12.1 Å². The Morgan fingerprint density at radius 3 is 2.75 bits per heavy atom. The number of rotatable bonds is 2. The monoisotopic (exact) mass is 184 g/mol. The fourth-order valence-electron chi connectivity index (χ4n) is 1.06. The molecule has 1 N–H and O–H groups in total. The van der Waals surface area contributed by atoms with Gasteiger partial charge < -0.3 is 5.11 Å². The first-order valence-electron chi connectivity index (χ1n) is 3.54. The fourth-order valence-corrected chi connectivity index (χ4v) is 1.35. The summed E-state index contributed by atoms with van der Waals surface area (Å²) in [4.78, 5) is 10.6. The van der Waals surface area contributed by atoms with E-state index in [0.29, 0.717) is 11.4 Å². The third-order valence-electron chi connectivity index (χ3n) is 1.82. The smallest absolute Gasteiger partial charge is 0.335 e. The molecule has 2 nitrogen and oxygen atoms in total. The highest BCUT2D eigenvalue weighted by Gasteiger charge is 2.08. The lowest BCUT2D eigenvalue weighted by Gasteiger charge is -2.04. The summed E-state index contributed by atoms with van der Waals surface area (Å²) in [6.07, 6.45) is 0. The van der Waals surface area contributed by atoms with Gasteiger partial charge in [-0.2, -0.15) is 0 Å². The predicted molar refractivity (Wildman–Crippen MR) is 47.7 cm³/mol. The largest absolute Gasteiger partial charge is 0.478 e. The van der Waals surface area contributed by atoms with Gasteiger partial charge in [-0.3, -0.25) is 0 Å². The van der Waals surface area contributed by atoms with Crippen LogP contribution in [0.5, 0.6) is 0 Å². The Morgan fingerprint density at radius 2 is 2.25 bits per heavy atom. The third kappa shape index (κ3) is 1.59. The molecule has 0 bridgehead atoms. The molecule has 0 aliphatic carbocycles. The van der Waals surface area contributed by atoms with Crippen molar-refractivity contribution in [3.63, 3.8) is 0 Å². The van der Waals surface area contributed by atoms with Gasteiger partial charge in [0.2, 0.25) is 0 Å². The lowest BCUT2D eigenvalue weighted by atomic mass is 10.0. The number of carboxylic acids is 1. The van der Waals surface area contributed by atoms with Crippen LogP contribution in [-0.4, -0.2) is 11.1 Å². The van der Waals surface area contributed by atoms with Crippen molar-refractivity contribution in [3.8, 4) is 0 Å². The van der Waals surface area contributed by atoms with Gasteiger partial charge >= 0.3 is 5.97 Å². The molecule has 0 aliphatic rings. The van der Waals surface area contributed by atoms with E-state index < -0.39 is 5.97 Å². The first kappa shape index (κ1) is 9.07. The molecule has 3 heteroatoms. The number of carboxylic acid groups (broad SMARTS) is 1. The number of halogens is 1. The molecule has 0 amide bonds. The van der Waals surface area contributed by atoms with Crippen molar-refractivity contribution in [1.29, 1.82) is 0 Å². The molecule has 0 aromatic heterocycles. The second kappa shape index (κ2) is 3.59. The molecule has 0 saturated carbocycles. The number of benzene rings is 1. The van der Waals surface area contributed by atoms with Gasteiger partial charge in [-0.25, -0.2) is 4.79 Å². The Bertz CT molecular complexity index is 307. The summed E-state index contributed by atoms with van der Waals surface area (Å²) in [6.45, 7) is 1.77. The van der Waals surface area contributed by atoms with E-state index in [1.54, 1.807) is 19.1 Å². The van der Waals surface area contributed by atoms with Crippen LogP contribution in [-0.2, 0) is 5.88 Å². The quantitative estimate of drug-likeness (QED) is 0.717. The summed E-state index contributed by atoms with van der Waals surface area (Å²) in [6, 6.07) is 5.11. The van der Waals surface area contributed by atoms with Crippen LogP contribution in [0.1, 0.15) is 21.5 Å². The minimum Gasteiger partial charge on any atom is -0.478 e. The Morgan fingerprint density at radius 1 is 1.58 bits per heavy atom. The second-order valence-electron chi connectivity index (χ2n) is 2.53. The van der Waals surface area contributed by atoms with Crippen molar-refractivity contribution in [2.75, 3.05) is 0 Å². The molecule has 0 spiro atoms. The molecule has 1 rings (SSSR count). The van der Waals surface area contributed by atoms with Crippen LogP contribution in [0.3, 0.4) is 0 Å². The molecular weight excluding hydrogens is 176 g/mol. The average Bonchev–Trinajstić information content (AvgIpc) is 2.04. The highest BCUT2D eigenvalue weighted by molar-refractivity contribution is 6.17. The van der Waals surface area contributed by atoms with Crippen LogP contribution in [0.15, 0.2) is 18.2 Å². The summed E-state index contributed by atoms with van der Waals surface area (Å²) in [7, 11) is 0. The van der Waals surface area contributed by atoms with Crippen molar-refractivity contribution in [2.24, 2.45) is 0 Å². The number of aromatic carboxylic acids is 1. The van der Waals surface area contributed by atoms with Gasteiger partial charge in [0.1, 0.15) is 0 Å². The van der Waals surface area contributed by atoms with E-state index in [1.807, 2.05) is 6.07 Å². The predicted octanol–water partition coefficient (Wildman–Crippen LogP) is 2.43. The molecule has 0 aliphatic heterocycles. The molecule has 0 fully saturated rings. The number of hydrogen-bond acceptors (Lipinski definition) is 1. The zero-order chi connectivity index (χ0) is 9.14. The van der Waals surface area contributed by atoms with Gasteiger partial charge in [-0.05, 0) is 24.1 Å².